The van der Waals surface area contributed by atoms with Gasteiger partial charge in [-0.25, -0.2) is 0 Å². The molecule has 36 heavy (non-hydrogen) atoms. The van der Waals surface area contributed by atoms with Gasteiger partial charge in [0.2, 0.25) is 0 Å². The standard InChI is InChI=1S/C30H25ClN2O3/c1-21(23-10-4-2-5-11-23)32-30(35)28(33-29(34)24-15-17-25(31)18-16-24)20-22-9-8-14-27(19-22)36-26-12-6-3-7-13-26/h2-21H,1H3,(H,32,35)(H,33,34)/b28-20-. The van der Waals surface area contributed by atoms with Gasteiger partial charge in [-0.2, -0.15) is 0 Å². The van der Waals surface area contributed by atoms with Crippen molar-refractivity contribution in [2.45, 2.75) is 13.0 Å². The number of carbonyl (C=O) groups is 2. The van der Waals surface area contributed by atoms with E-state index in [2.05, 4.69) is 10.6 Å². The summed E-state index contributed by atoms with van der Waals surface area (Å²) in [4.78, 5) is 26.2. The molecule has 2 amide bonds. The third-order valence-electron chi connectivity index (χ3n) is 5.39. The first-order chi connectivity index (χ1) is 17.5. The number of nitrogens with one attached hydrogen (secondary N) is 2. The van der Waals surface area contributed by atoms with Crippen LogP contribution in [0.5, 0.6) is 11.5 Å². The number of rotatable bonds is 8. The maximum absolute atomic E-state index is 13.3. The summed E-state index contributed by atoms with van der Waals surface area (Å²) in [5.74, 6) is 0.473. The van der Waals surface area contributed by atoms with Gasteiger partial charge in [-0.05, 0) is 72.7 Å². The van der Waals surface area contributed by atoms with E-state index in [0.717, 1.165) is 5.56 Å². The van der Waals surface area contributed by atoms with E-state index in [1.54, 1.807) is 36.4 Å². The van der Waals surface area contributed by atoms with Crippen molar-refractivity contribution in [3.8, 4) is 11.5 Å². The van der Waals surface area contributed by atoms with Crippen molar-refractivity contribution >= 4 is 29.5 Å². The molecule has 1 atom stereocenters. The lowest BCUT2D eigenvalue weighted by atomic mass is 10.1. The molecule has 0 aliphatic carbocycles. The number of para-hydroxylation sites is 1. The van der Waals surface area contributed by atoms with Gasteiger partial charge in [0.15, 0.2) is 0 Å². The third kappa shape index (κ3) is 6.84. The van der Waals surface area contributed by atoms with E-state index in [1.807, 2.05) is 85.8 Å². The summed E-state index contributed by atoms with van der Waals surface area (Å²) in [6.45, 7) is 1.89. The van der Waals surface area contributed by atoms with Gasteiger partial charge in [0.25, 0.3) is 11.8 Å². The maximum atomic E-state index is 13.3. The van der Waals surface area contributed by atoms with Crippen LogP contribution in [0.2, 0.25) is 5.02 Å². The number of hydrogen-bond donors (Lipinski definition) is 2. The molecule has 6 heteroatoms. The molecule has 0 heterocycles. The Balaban J connectivity index is 1.60. The van der Waals surface area contributed by atoms with Crippen molar-refractivity contribution in [1.29, 1.82) is 0 Å². The molecule has 4 aromatic rings. The topological polar surface area (TPSA) is 67.4 Å². The van der Waals surface area contributed by atoms with Crippen LogP contribution in [0, 0.1) is 0 Å². The molecule has 0 aliphatic heterocycles. The maximum Gasteiger partial charge on any atom is 0.268 e. The van der Waals surface area contributed by atoms with Gasteiger partial charge in [0.1, 0.15) is 17.2 Å². The number of halogens is 1. The molecule has 1 unspecified atom stereocenters. The second-order valence-corrected chi connectivity index (χ2v) is 8.55. The number of amides is 2. The largest absolute Gasteiger partial charge is 0.457 e. The lowest BCUT2D eigenvalue weighted by Crippen LogP contribution is -2.36. The fourth-order valence-electron chi connectivity index (χ4n) is 3.51. The van der Waals surface area contributed by atoms with Gasteiger partial charge in [0.05, 0.1) is 6.04 Å². The lowest BCUT2D eigenvalue weighted by Gasteiger charge is -2.17. The number of carbonyl (C=O) groups excluding carboxylic acids is 2. The minimum absolute atomic E-state index is 0.106. The molecule has 0 fully saturated rings. The van der Waals surface area contributed by atoms with E-state index in [9.17, 15) is 9.59 Å². The Bertz CT molecular complexity index is 1350. The molecule has 4 aromatic carbocycles. The van der Waals surface area contributed by atoms with Crippen molar-refractivity contribution in [1.82, 2.24) is 10.6 Å². The fourth-order valence-corrected chi connectivity index (χ4v) is 3.64. The zero-order chi connectivity index (χ0) is 25.3. The van der Waals surface area contributed by atoms with Crippen LogP contribution in [0.1, 0.15) is 34.5 Å². The van der Waals surface area contributed by atoms with Crippen LogP contribution in [-0.2, 0) is 4.79 Å². The molecule has 0 saturated heterocycles. The molecule has 0 saturated carbocycles. The molecule has 2 N–H and O–H groups in total. The van der Waals surface area contributed by atoms with Crippen LogP contribution in [0.25, 0.3) is 6.08 Å². The molecule has 5 nitrogen and oxygen atoms in total. The predicted octanol–water partition coefficient (Wildman–Crippen LogP) is 6.78. The van der Waals surface area contributed by atoms with Gasteiger partial charge >= 0.3 is 0 Å². The molecule has 0 aromatic heterocycles. The Morgan fingerprint density at radius 1 is 0.806 bits per heavy atom. The van der Waals surface area contributed by atoms with Crippen LogP contribution in [0.15, 0.2) is 115 Å². The van der Waals surface area contributed by atoms with E-state index in [-0.39, 0.29) is 11.7 Å². The van der Waals surface area contributed by atoms with E-state index >= 15 is 0 Å². The van der Waals surface area contributed by atoms with Crippen molar-refractivity contribution in [3.63, 3.8) is 0 Å². The molecule has 0 aliphatic rings. The molecule has 0 radical (unpaired) electrons. The molecular weight excluding hydrogens is 472 g/mol. The van der Waals surface area contributed by atoms with E-state index in [4.69, 9.17) is 16.3 Å². The normalized spacial score (nSPS) is 11.9. The highest BCUT2D eigenvalue weighted by molar-refractivity contribution is 6.30. The quantitative estimate of drug-likeness (QED) is 0.264. The smallest absolute Gasteiger partial charge is 0.268 e. The van der Waals surface area contributed by atoms with E-state index < -0.39 is 11.8 Å². The summed E-state index contributed by atoms with van der Waals surface area (Å²) in [6.07, 6.45) is 1.62. The highest BCUT2D eigenvalue weighted by atomic mass is 35.5. The Labute approximate surface area is 215 Å². The summed E-state index contributed by atoms with van der Waals surface area (Å²) in [5, 5.41) is 6.24. The van der Waals surface area contributed by atoms with Crippen LogP contribution < -0.4 is 15.4 Å². The monoisotopic (exact) mass is 496 g/mol. The third-order valence-corrected chi connectivity index (χ3v) is 5.65. The van der Waals surface area contributed by atoms with Crippen LogP contribution in [-0.4, -0.2) is 11.8 Å². The Morgan fingerprint density at radius 2 is 1.44 bits per heavy atom. The average molecular weight is 497 g/mol. The summed E-state index contributed by atoms with van der Waals surface area (Å²) in [7, 11) is 0. The second kappa shape index (κ2) is 11.9. The fraction of sp³-hybridized carbons (Fsp3) is 0.0667. The zero-order valence-corrected chi connectivity index (χ0v) is 20.4. The molecular formula is C30H25ClN2O3. The molecule has 180 valence electrons. The van der Waals surface area contributed by atoms with Crippen LogP contribution in [0.4, 0.5) is 0 Å². The number of benzene rings is 4. The number of hydrogen-bond acceptors (Lipinski definition) is 3. The Morgan fingerprint density at radius 3 is 2.14 bits per heavy atom. The van der Waals surface area contributed by atoms with Gasteiger partial charge in [0, 0.05) is 10.6 Å². The van der Waals surface area contributed by atoms with Crippen molar-refractivity contribution in [3.05, 3.63) is 137 Å². The molecule has 0 spiro atoms. The first-order valence-electron chi connectivity index (χ1n) is 11.5. The van der Waals surface area contributed by atoms with Gasteiger partial charge in [-0.1, -0.05) is 72.3 Å². The van der Waals surface area contributed by atoms with Gasteiger partial charge < -0.3 is 15.4 Å². The minimum atomic E-state index is -0.419. The van der Waals surface area contributed by atoms with Gasteiger partial charge in [-0.3, -0.25) is 9.59 Å². The average Bonchev–Trinajstić information content (AvgIpc) is 2.90. The second-order valence-electron chi connectivity index (χ2n) is 8.11. The summed E-state index contributed by atoms with van der Waals surface area (Å²) in [5.41, 5.74) is 2.13. The van der Waals surface area contributed by atoms with Crippen molar-refractivity contribution in [2.75, 3.05) is 0 Å². The van der Waals surface area contributed by atoms with Crippen molar-refractivity contribution in [2.24, 2.45) is 0 Å². The summed E-state index contributed by atoms with van der Waals surface area (Å²) in [6, 6.07) is 32.5. The predicted molar refractivity (Wildman–Crippen MR) is 143 cm³/mol. The first kappa shape index (κ1) is 24.8. The summed E-state index contributed by atoms with van der Waals surface area (Å²) < 4.78 is 5.92. The summed E-state index contributed by atoms with van der Waals surface area (Å²) >= 11 is 5.95. The Hall–Kier alpha value is -4.35. The van der Waals surface area contributed by atoms with Crippen LogP contribution in [0.3, 0.4) is 0 Å². The van der Waals surface area contributed by atoms with E-state index in [1.165, 1.54) is 0 Å². The zero-order valence-electron chi connectivity index (χ0n) is 19.6. The SMILES string of the molecule is CC(NC(=O)/C(=C/c1cccc(Oc2ccccc2)c1)NC(=O)c1ccc(Cl)cc1)c1ccccc1. The Kier molecular flexibility index (Phi) is 8.16. The van der Waals surface area contributed by atoms with Crippen molar-refractivity contribution < 1.29 is 14.3 Å². The first-order valence-corrected chi connectivity index (χ1v) is 11.8. The van der Waals surface area contributed by atoms with Gasteiger partial charge in [-0.15, -0.1) is 0 Å². The minimum Gasteiger partial charge on any atom is -0.457 e. The lowest BCUT2D eigenvalue weighted by molar-refractivity contribution is -0.118. The highest BCUT2D eigenvalue weighted by Crippen LogP contribution is 2.23. The van der Waals surface area contributed by atoms with E-state index in [0.29, 0.717) is 27.6 Å². The molecule has 4 rings (SSSR count). The highest BCUT2D eigenvalue weighted by Gasteiger charge is 2.17. The number of ether oxygens (including phenoxy) is 1. The molecule has 0 bridgehead atoms. The van der Waals surface area contributed by atoms with Crippen LogP contribution >= 0.6 is 11.6 Å².